The van der Waals surface area contributed by atoms with Gasteiger partial charge in [0, 0.05) is 6.42 Å². The number of benzene rings is 1. The molecule has 4 heteroatoms. The number of ether oxygens (including phenoxy) is 1. The summed E-state index contributed by atoms with van der Waals surface area (Å²) in [6, 6.07) is 5.83. The van der Waals surface area contributed by atoms with E-state index in [1.54, 1.807) is 7.11 Å². The highest BCUT2D eigenvalue weighted by Gasteiger charge is 2.06. The zero-order valence-corrected chi connectivity index (χ0v) is 11.0. The lowest BCUT2D eigenvalue weighted by atomic mass is 10.1. The van der Waals surface area contributed by atoms with Gasteiger partial charge in [0.05, 0.1) is 18.5 Å². The summed E-state index contributed by atoms with van der Waals surface area (Å²) < 4.78 is 10.7. The van der Waals surface area contributed by atoms with Crippen molar-refractivity contribution in [1.82, 2.24) is 4.98 Å². The van der Waals surface area contributed by atoms with Gasteiger partial charge in [-0.2, -0.15) is 0 Å². The van der Waals surface area contributed by atoms with E-state index in [4.69, 9.17) is 14.9 Å². The average Bonchev–Trinajstić information content (AvgIpc) is 2.66. The maximum absolute atomic E-state index is 5.87. The number of nitrogens with two attached hydrogens (primary N) is 1. The van der Waals surface area contributed by atoms with Crippen molar-refractivity contribution in [1.29, 1.82) is 0 Å². The van der Waals surface area contributed by atoms with Crippen LogP contribution in [0.15, 0.2) is 22.6 Å². The molecule has 0 spiro atoms. The maximum Gasteiger partial charge on any atom is 0.194 e. The molecular weight excluding hydrogens is 228 g/mol. The number of hydrogen-bond donors (Lipinski definition) is 1. The van der Waals surface area contributed by atoms with Crippen molar-refractivity contribution in [2.45, 2.75) is 26.7 Å². The standard InChI is InChI=1S/C14H18N2O2/c1-9-10(2)18-14(16-9)7-5-11-4-6-13(17-3)12(15)8-11/h4,6,8H,5,7,15H2,1-3H3. The van der Waals surface area contributed by atoms with Crippen LogP contribution in [0, 0.1) is 13.8 Å². The van der Waals surface area contributed by atoms with Gasteiger partial charge in [-0.05, 0) is 38.0 Å². The quantitative estimate of drug-likeness (QED) is 0.842. The largest absolute Gasteiger partial charge is 0.495 e. The second-order valence-electron chi connectivity index (χ2n) is 4.33. The predicted molar refractivity (Wildman–Crippen MR) is 70.8 cm³/mol. The van der Waals surface area contributed by atoms with Crippen molar-refractivity contribution >= 4 is 5.69 Å². The molecule has 0 bridgehead atoms. The summed E-state index contributed by atoms with van der Waals surface area (Å²) in [4.78, 5) is 4.36. The number of nitrogens with zero attached hydrogens (tertiary/aromatic N) is 1. The highest BCUT2D eigenvalue weighted by Crippen LogP contribution is 2.22. The van der Waals surface area contributed by atoms with Gasteiger partial charge in [0.25, 0.3) is 0 Å². The number of aryl methyl sites for hydroxylation is 4. The van der Waals surface area contributed by atoms with E-state index in [-0.39, 0.29) is 0 Å². The zero-order valence-electron chi connectivity index (χ0n) is 11.0. The van der Waals surface area contributed by atoms with E-state index in [0.29, 0.717) is 11.4 Å². The molecule has 4 nitrogen and oxygen atoms in total. The van der Waals surface area contributed by atoms with E-state index < -0.39 is 0 Å². The van der Waals surface area contributed by atoms with Gasteiger partial charge in [0.15, 0.2) is 5.89 Å². The molecule has 2 rings (SSSR count). The molecule has 2 aromatic rings. The summed E-state index contributed by atoms with van der Waals surface area (Å²) in [6.07, 6.45) is 1.63. The number of rotatable bonds is 4. The first-order valence-corrected chi connectivity index (χ1v) is 5.95. The highest BCUT2D eigenvalue weighted by molar-refractivity contribution is 5.54. The third kappa shape index (κ3) is 2.64. The lowest BCUT2D eigenvalue weighted by Crippen LogP contribution is -1.96. The van der Waals surface area contributed by atoms with Gasteiger partial charge in [-0.1, -0.05) is 6.07 Å². The van der Waals surface area contributed by atoms with Crippen molar-refractivity contribution in [3.63, 3.8) is 0 Å². The summed E-state index contributed by atoms with van der Waals surface area (Å²) >= 11 is 0. The lowest BCUT2D eigenvalue weighted by molar-refractivity contribution is 0.417. The SMILES string of the molecule is COc1ccc(CCc2nc(C)c(C)o2)cc1N. The monoisotopic (exact) mass is 246 g/mol. The zero-order chi connectivity index (χ0) is 13.1. The Kier molecular flexibility index (Phi) is 3.55. The van der Waals surface area contributed by atoms with Crippen LogP contribution >= 0.6 is 0 Å². The van der Waals surface area contributed by atoms with Crippen molar-refractivity contribution in [2.24, 2.45) is 0 Å². The average molecular weight is 246 g/mol. The molecule has 18 heavy (non-hydrogen) atoms. The molecule has 96 valence electrons. The summed E-state index contributed by atoms with van der Waals surface area (Å²) in [6.45, 7) is 3.88. The normalized spacial score (nSPS) is 10.6. The van der Waals surface area contributed by atoms with Crippen LogP contribution in [0.3, 0.4) is 0 Å². The van der Waals surface area contributed by atoms with E-state index in [0.717, 1.165) is 35.7 Å². The van der Waals surface area contributed by atoms with Crippen LogP contribution in [0.2, 0.25) is 0 Å². The number of methoxy groups -OCH3 is 1. The molecule has 2 N–H and O–H groups in total. The van der Waals surface area contributed by atoms with E-state index in [2.05, 4.69) is 4.98 Å². The molecule has 1 aromatic heterocycles. The molecule has 0 amide bonds. The minimum Gasteiger partial charge on any atom is -0.495 e. The number of anilines is 1. The Morgan fingerprint density at radius 1 is 1.28 bits per heavy atom. The van der Waals surface area contributed by atoms with Gasteiger partial charge >= 0.3 is 0 Å². The Morgan fingerprint density at radius 3 is 2.61 bits per heavy atom. The molecule has 0 unspecified atom stereocenters. The molecule has 0 atom stereocenters. The summed E-state index contributed by atoms with van der Waals surface area (Å²) in [5.74, 6) is 2.38. The Bertz CT molecular complexity index is 527. The fourth-order valence-corrected chi connectivity index (χ4v) is 1.84. The first-order valence-electron chi connectivity index (χ1n) is 5.95. The van der Waals surface area contributed by atoms with Crippen LogP contribution in [-0.2, 0) is 12.8 Å². The van der Waals surface area contributed by atoms with Gasteiger partial charge in [-0.15, -0.1) is 0 Å². The molecule has 0 aliphatic carbocycles. The fourth-order valence-electron chi connectivity index (χ4n) is 1.84. The first kappa shape index (κ1) is 12.5. The van der Waals surface area contributed by atoms with E-state index in [1.807, 2.05) is 32.0 Å². The summed E-state index contributed by atoms with van der Waals surface area (Å²) in [5.41, 5.74) is 8.64. The smallest absolute Gasteiger partial charge is 0.194 e. The second-order valence-corrected chi connectivity index (χ2v) is 4.33. The number of hydrogen-bond acceptors (Lipinski definition) is 4. The van der Waals surface area contributed by atoms with Gasteiger partial charge in [0.1, 0.15) is 11.5 Å². The lowest BCUT2D eigenvalue weighted by Gasteiger charge is -2.06. The third-order valence-electron chi connectivity index (χ3n) is 2.99. The Balaban J connectivity index is 2.04. The number of aromatic nitrogens is 1. The molecule has 0 radical (unpaired) electrons. The van der Waals surface area contributed by atoms with Crippen LogP contribution in [0.25, 0.3) is 0 Å². The Hall–Kier alpha value is -1.97. The van der Waals surface area contributed by atoms with E-state index >= 15 is 0 Å². The number of nitrogen functional groups attached to an aromatic ring is 1. The van der Waals surface area contributed by atoms with Crippen LogP contribution in [0.4, 0.5) is 5.69 Å². The summed E-state index contributed by atoms with van der Waals surface area (Å²) in [5, 5.41) is 0. The van der Waals surface area contributed by atoms with Crippen LogP contribution in [0.1, 0.15) is 22.9 Å². The molecule has 1 heterocycles. The van der Waals surface area contributed by atoms with Crippen molar-refractivity contribution < 1.29 is 9.15 Å². The van der Waals surface area contributed by atoms with Gasteiger partial charge in [-0.3, -0.25) is 0 Å². The van der Waals surface area contributed by atoms with Crippen molar-refractivity contribution in [3.05, 3.63) is 41.1 Å². The molecule has 0 aliphatic heterocycles. The van der Waals surface area contributed by atoms with E-state index in [9.17, 15) is 0 Å². The van der Waals surface area contributed by atoms with Gasteiger partial charge in [-0.25, -0.2) is 4.98 Å². The van der Waals surface area contributed by atoms with E-state index in [1.165, 1.54) is 0 Å². The van der Waals surface area contributed by atoms with Gasteiger partial charge in [0.2, 0.25) is 0 Å². The van der Waals surface area contributed by atoms with Crippen molar-refractivity contribution in [3.8, 4) is 5.75 Å². The Morgan fingerprint density at radius 2 is 2.06 bits per heavy atom. The van der Waals surface area contributed by atoms with Crippen molar-refractivity contribution in [2.75, 3.05) is 12.8 Å². The topological polar surface area (TPSA) is 61.3 Å². The molecule has 0 saturated carbocycles. The third-order valence-corrected chi connectivity index (χ3v) is 2.99. The predicted octanol–water partition coefficient (Wildman–Crippen LogP) is 2.67. The van der Waals surface area contributed by atoms with Gasteiger partial charge < -0.3 is 14.9 Å². The van der Waals surface area contributed by atoms with Crippen LogP contribution in [-0.4, -0.2) is 12.1 Å². The van der Waals surface area contributed by atoms with Crippen LogP contribution < -0.4 is 10.5 Å². The molecule has 1 aromatic carbocycles. The maximum atomic E-state index is 5.87. The minimum absolute atomic E-state index is 0.662. The molecule has 0 aliphatic rings. The van der Waals surface area contributed by atoms with Crippen LogP contribution in [0.5, 0.6) is 5.75 Å². The first-order chi connectivity index (χ1) is 8.60. The minimum atomic E-state index is 0.662. The summed E-state index contributed by atoms with van der Waals surface area (Å²) in [7, 11) is 1.61. The highest BCUT2D eigenvalue weighted by atomic mass is 16.5. The fraction of sp³-hybridized carbons (Fsp3) is 0.357. The number of oxazole rings is 1. The Labute approximate surface area is 107 Å². The second kappa shape index (κ2) is 5.12. The molecule has 0 saturated heterocycles. The molecule has 0 fully saturated rings. The molecular formula is C14H18N2O2.